The van der Waals surface area contributed by atoms with Crippen LogP contribution in [0.5, 0.6) is 0 Å². The van der Waals surface area contributed by atoms with Crippen LogP contribution in [0.4, 0.5) is 0 Å². The number of aliphatic carboxylic acids is 1. The van der Waals surface area contributed by atoms with Crippen molar-refractivity contribution >= 4 is 11.9 Å². The molecule has 4 heteroatoms. The van der Waals surface area contributed by atoms with E-state index in [-0.39, 0.29) is 17.9 Å². The monoisotopic (exact) mass is 199 g/mol. The lowest BCUT2D eigenvalue weighted by atomic mass is 9.89. The maximum atomic E-state index is 11.4. The highest BCUT2D eigenvalue weighted by atomic mass is 16.4. The maximum absolute atomic E-state index is 11.4. The summed E-state index contributed by atoms with van der Waals surface area (Å²) >= 11 is 0. The molecule has 0 aromatic carbocycles. The first-order valence-electron chi connectivity index (χ1n) is 4.80. The number of carbonyl (C=O) groups excluding carboxylic acids is 1. The third kappa shape index (κ3) is 2.72. The Hall–Kier alpha value is -1.06. The van der Waals surface area contributed by atoms with E-state index in [2.05, 4.69) is 5.32 Å². The Bertz CT molecular complexity index is 267. The smallest absolute Gasteiger partial charge is 0.309 e. The lowest BCUT2D eigenvalue weighted by Gasteiger charge is -2.20. The van der Waals surface area contributed by atoms with E-state index < -0.39 is 11.4 Å². The highest BCUT2D eigenvalue weighted by Crippen LogP contribution is 2.34. The summed E-state index contributed by atoms with van der Waals surface area (Å²) in [7, 11) is 0. The van der Waals surface area contributed by atoms with Crippen molar-refractivity contribution < 1.29 is 14.7 Å². The van der Waals surface area contributed by atoms with Gasteiger partial charge in [-0.3, -0.25) is 9.59 Å². The van der Waals surface area contributed by atoms with Crippen LogP contribution in [0.1, 0.15) is 40.0 Å². The Kier molecular flexibility index (Phi) is 2.56. The molecule has 0 unspecified atom stereocenters. The molecule has 0 aliphatic heterocycles. The number of hydrogen-bond acceptors (Lipinski definition) is 2. The molecule has 1 saturated carbocycles. The summed E-state index contributed by atoms with van der Waals surface area (Å²) in [6, 6.07) is 0. The third-order valence-electron chi connectivity index (χ3n) is 2.62. The van der Waals surface area contributed by atoms with Gasteiger partial charge in [0, 0.05) is 12.0 Å². The van der Waals surface area contributed by atoms with Gasteiger partial charge in [-0.25, -0.2) is 0 Å². The molecular formula is C10H17NO3. The van der Waals surface area contributed by atoms with E-state index in [0.29, 0.717) is 0 Å². The molecule has 2 N–H and O–H groups in total. The van der Waals surface area contributed by atoms with Gasteiger partial charge in [-0.1, -0.05) is 0 Å². The Labute approximate surface area is 83.7 Å². The van der Waals surface area contributed by atoms with Gasteiger partial charge in [0.25, 0.3) is 0 Å². The molecule has 0 radical (unpaired) electrons. The molecule has 0 bridgehead atoms. The van der Waals surface area contributed by atoms with Crippen molar-refractivity contribution in [3.8, 4) is 0 Å². The minimum absolute atomic E-state index is 0.0396. The normalized spacial score (nSPS) is 18.8. The topological polar surface area (TPSA) is 66.4 Å². The number of nitrogens with one attached hydrogen (secondary N) is 1. The second-order valence-corrected chi connectivity index (χ2v) is 4.97. The molecule has 0 atom stereocenters. The first-order valence-corrected chi connectivity index (χ1v) is 4.80. The van der Waals surface area contributed by atoms with E-state index in [9.17, 15) is 9.59 Å². The predicted molar refractivity (Wildman–Crippen MR) is 51.8 cm³/mol. The maximum Gasteiger partial charge on any atom is 0.309 e. The quantitative estimate of drug-likeness (QED) is 0.714. The molecule has 0 aromatic heterocycles. The highest BCUT2D eigenvalue weighted by molar-refractivity contribution is 5.84. The molecule has 1 aliphatic rings. The number of carbonyl (C=O) groups is 2. The van der Waals surface area contributed by atoms with Gasteiger partial charge in [-0.2, -0.15) is 0 Å². The largest absolute Gasteiger partial charge is 0.481 e. The standard InChI is InChI=1S/C10H17NO3/c1-9(2,8(13)14)6-7(12)11-10(3)4-5-10/h4-6H2,1-3H3,(H,11,12)(H,13,14). The van der Waals surface area contributed by atoms with Crippen molar-refractivity contribution in [3.63, 3.8) is 0 Å². The zero-order valence-corrected chi connectivity index (χ0v) is 8.89. The summed E-state index contributed by atoms with van der Waals surface area (Å²) < 4.78 is 0. The van der Waals surface area contributed by atoms with Crippen LogP contribution in [0.25, 0.3) is 0 Å². The molecule has 0 heterocycles. The molecular weight excluding hydrogens is 182 g/mol. The lowest BCUT2D eigenvalue weighted by Crippen LogP contribution is -2.38. The number of carboxylic acid groups (broad SMARTS) is 1. The van der Waals surface area contributed by atoms with E-state index in [4.69, 9.17) is 5.11 Å². The summed E-state index contributed by atoms with van der Waals surface area (Å²) in [6.45, 7) is 5.09. The molecule has 1 amide bonds. The van der Waals surface area contributed by atoms with E-state index in [1.165, 1.54) is 0 Å². The average Bonchev–Trinajstić information content (AvgIpc) is 2.65. The molecule has 4 nitrogen and oxygen atoms in total. The van der Waals surface area contributed by atoms with Crippen molar-refractivity contribution in [1.29, 1.82) is 0 Å². The summed E-state index contributed by atoms with van der Waals surface area (Å²) in [5.74, 6) is -1.11. The third-order valence-corrected chi connectivity index (χ3v) is 2.62. The molecule has 14 heavy (non-hydrogen) atoms. The van der Waals surface area contributed by atoms with Crippen molar-refractivity contribution in [3.05, 3.63) is 0 Å². The first kappa shape index (κ1) is 11.0. The minimum Gasteiger partial charge on any atom is -0.481 e. The Morgan fingerprint density at radius 3 is 2.29 bits per heavy atom. The van der Waals surface area contributed by atoms with Gasteiger partial charge in [0.05, 0.1) is 5.41 Å². The van der Waals surface area contributed by atoms with Gasteiger partial charge in [-0.05, 0) is 33.6 Å². The van der Waals surface area contributed by atoms with E-state index in [1.807, 2.05) is 6.92 Å². The highest BCUT2D eigenvalue weighted by Gasteiger charge is 2.40. The Balaban J connectivity index is 2.44. The van der Waals surface area contributed by atoms with Crippen LogP contribution in [0.3, 0.4) is 0 Å². The van der Waals surface area contributed by atoms with Crippen LogP contribution in [-0.4, -0.2) is 22.5 Å². The molecule has 1 aliphatic carbocycles. The van der Waals surface area contributed by atoms with Gasteiger partial charge >= 0.3 is 5.97 Å². The number of rotatable bonds is 4. The number of carboxylic acids is 1. The van der Waals surface area contributed by atoms with Crippen molar-refractivity contribution in [2.45, 2.75) is 45.6 Å². The first-order chi connectivity index (χ1) is 6.25. The SMILES string of the molecule is CC1(NC(=O)CC(C)(C)C(=O)O)CC1. The fraction of sp³-hybridized carbons (Fsp3) is 0.800. The zero-order chi connectivity index (χ0) is 11.0. The molecule has 80 valence electrons. The van der Waals surface area contributed by atoms with Crippen LogP contribution < -0.4 is 5.32 Å². The van der Waals surface area contributed by atoms with Gasteiger partial charge in [0.2, 0.25) is 5.91 Å². The van der Waals surface area contributed by atoms with Gasteiger partial charge < -0.3 is 10.4 Å². The van der Waals surface area contributed by atoms with Gasteiger partial charge in [0.15, 0.2) is 0 Å². The number of hydrogen-bond donors (Lipinski definition) is 2. The predicted octanol–water partition coefficient (Wildman–Crippen LogP) is 1.16. The summed E-state index contributed by atoms with van der Waals surface area (Å²) in [4.78, 5) is 22.2. The second kappa shape index (κ2) is 3.26. The lowest BCUT2D eigenvalue weighted by molar-refractivity contribution is -0.149. The molecule has 1 fully saturated rings. The second-order valence-electron chi connectivity index (χ2n) is 4.97. The summed E-state index contributed by atoms with van der Waals surface area (Å²) in [5.41, 5.74) is -1.04. The van der Waals surface area contributed by atoms with Gasteiger partial charge in [-0.15, -0.1) is 0 Å². The number of amides is 1. The van der Waals surface area contributed by atoms with Crippen molar-refractivity contribution in [2.75, 3.05) is 0 Å². The van der Waals surface area contributed by atoms with Gasteiger partial charge in [0.1, 0.15) is 0 Å². The minimum atomic E-state index is -0.977. The van der Waals surface area contributed by atoms with Crippen LogP contribution in [0, 0.1) is 5.41 Å². The fourth-order valence-corrected chi connectivity index (χ4v) is 1.17. The zero-order valence-electron chi connectivity index (χ0n) is 8.89. The van der Waals surface area contributed by atoms with Crippen molar-refractivity contribution in [2.24, 2.45) is 5.41 Å². The Morgan fingerprint density at radius 1 is 1.43 bits per heavy atom. The molecule has 1 rings (SSSR count). The van der Waals surface area contributed by atoms with E-state index in [0.717, 1.165) is 12.8 Å². The molecule has 0 saturated heterocycles. The van der Waals surface area contributed by atoms with Crippen LogP contribution in [0.2, 0.25) is 0 Å². The Morgan fingerprint density at radius 2 is 1.93 bits per heavy atom. The van der Waals surface area contributed by atoms with E-state index >= 15 is 0 Å². The van der Waals surface area contributed by atoms with Crippen LogP contribution in [-0.2, 0) is 9.59 Å². The summed E-state index contributed by atoms with van der Waals surface area (Å²) in [5, 5.41) is 11.7. The van der Waals surface area contributed by atoms with Crippen molar-refractivity contribution in [1.82, 2.24) is 5.32 Å². The average molecular weight is 199 g/mol. The van der Waals surface area contributed by atoms with Crippen LogP contribution >= 0.6 is 0 Å². The molecule has 0 spiro atoms. The summed E-state index contributed by atoms with van der Waals surface area (Å²) in [6.07, 6.45) is 2.02. The van der Waals surface area contributed by atoms with Crippen LogP contribution in [0.15, 0.2) is 0 Å². The molecule has 0 aromatic rings. The van der Waals surface area contributed by atoms with E-state index in [1.54, 1.807) is 13.8 Å². The fourth-order valence-electron chi connectivity index (χ4n) is 1.17.